The highest BCUT2D eigenvalue weighted by Gasteiger charge is 2.29. The van der Waals surface area contributed by atoms with Gasteiger partial charge in [-0.25, -0.2) is 0 Å². The third-order valence-corrected chi connectivity index (χ3v) is 4.03. The molecule has 0 aliphatic heterocycles. The Kier molecular flexibility index (Phi) is 4.75. The van der Waals surface area contributed by atoms with Gasteiger partial charge in [-0.15, -0.1) is 11.3 Å². The van der Waals surface area contributed by atoms with Crippen molar-refractivity contribution in [3.63, 3.8) is 0 Å². The molecule has 0 bridgehead atoms. The highest BCUT2D eigenvalue weighted by molar-refractivity contribution is 7.13. The molecule has 25 heavy (non-hydrogen) atoms. The maximum absolute atomic E-state index is 12.3. The minimum Gasteiger partial charge on any atom is -0.482 e. The van der Waals surface area contributed by atoms with Crippen LogP contribution in [0, 0.1) is 0 Å². The van der Waals surface area contributed by atoms with Crippen LogP contribution in [-0.2, 0) is 0 Å². The number of alkyl halides is 3. The number of amides is 1. The van der Waals surface area contributed by atoms with Gasteiger partial charge in [0.1, 0.15) is 5.75 Å². The normalized spacial score (nSPS) is 11.3. The molecule has 0 spiro atoms. The highest BCUT2D eigenvalue weighted by Crippen LogP contribution is 2.27. The van der Waals surface area contributed by atoms with E-state index in [1.807, 2.05) is 17.5 Å². The molecule has 5 nitrogen and oxygen atoms in total. The molecule has 0 saturated heterocycles. The van der Waals surface area contributed by atoms with E-state index in [0.717, 1.165) is 4.88 Å². The van der Waals surface area contributed by atoms with Crippen molar-refractivity contribution in [2.24, 2.45) is 0 Å². The van der Waals surface area contributed by atoms with Crippen LogP contribution in [0.2, 0.25) is 0 Å². The highest BCUT2D eigenvalue weighted by atomic mass is 32.1. The first kappa shape index (κ1) is 17.0. The number of H-pyrrole nitrogens is 1. The number of carbonyl (C=O) groups excluding carboxylic acids is 1. The number of aromatic nitrogens is 2. The van der Waals surface area contributed by atoms with E-state index < -0.39 is 18.7 Å². The first-order chi connectivity index (χ1) is 11.9. The van der Waals surface area contributed by atoms with Crippen molar-refractivity contribution in [1.82, 2.24) is 10.2 Å². The number of hydrogen-bond acceptors (Lipinski definition) is 4. The number of hydrogen-bond donors (Lipinski definition) is 2. The molecule has 130 valence electrons. The molecule has 0 aliphatic carbocycles. The fourth-order valence-electron chi connectivity index (χ4n) is 2.04. The molecule has 0 fully saturated rings. The van der Waals surface area contributed by atoms with Gasteiger partial charge in [-0.1, -0.05) is 18.2 Å². The Balaban J connectivity index is 1.73. The average molecular weight is 367 g/mol. The van der Waals surface area contributed by atoms with Crippen molar-refractivity contribution in [3.05, 3.63) is 53.5 Å². The number of para-hydroxylation sites is 2. The summed E-state index contributed by atoms with van der Waals surface area (Å²) in [6.07, 6.45) is -4.46. The summed E-state index contributed by atoms with van der Waals surface area (Å²) in [6.45, 7) is -1.44. The number of nitrogens with zero attached hydrogens (tertiary/aromatic N) is 1. The van der Waals surface area contributed by atoms with E-state index in [0.29, 0.717) is 5.69 Å². The maximum Gasteiger partial charge on any atom is 0.422 e. The molecular weight excluding hydrogens is 355 g/mol. The van der Waals surface area contributed by atoms with Crippen molar-refractivity contribution in [2.75, 3.05) is 11.9 Å². The zero-order valence-electron chi connectivity index (χ0n) is 12.6. The van der Waals surface area contributed by atoms with Crippen molar-refractivity contribution < 1.29 is 22.7 Å². The summed E-state index contributed by atoms with van der Waals surface area (Å²) in [5, 5.41) is 11.1. The molecule has 0 unspecified atom stereocenters. The maximum atomic E-state index is 12.3. The largest absolute Gasteiger partial charge is 0.482 e. The smallest absolute Gasteiger partial charge is 0.422 e. The monoisotopic (exact) mass is 367 g/mol. The summed E-state index contributed by atoms with van der Waals surface area (Å²) in [5.41, 5.74) is 0.938. The van der Waals surface area contributed by atoms with Gasteiger partial charge in [0.25, 0.3) is 5.91 Å². The number of aromatic amines is 1. The SMILES string of the molecule is O=C(Nc1ccccc1OCC(F)(F)F)c1cc(-c2cccs2)[nH]n1. The van der Waals surface area contributed by atoms with E-state index in [1.54, 1.807) is 12.1 Å². The van der Waals surface area contributed by atoms with Gasteiger partial charge in [-0.2, -0.15) is 18.3 Å². The molecule has 9 heteroatoms. The quantitative estimate of drug-likeness (QED) is 0.705. The molecule has 3 aromatic rings. The van der Waals surface area contributed by atoms with Gasteiger partial charge in [0.15, 0.2) is 12.3 Å². The number of thiophene rings is 1. The van der Waals surface area contributed by atoms with E-state index in [2.05, 4.69) is 15.5 Å². The van der Waals surface area contributed by atoms with Crippen LogP contribution in [0.15, 0.2) is 47.8 Å². The molecule has 1 amide bonds. The Morgan fingerprint density at radius 3 is 2.76 bits per heavy atom. The van der Waals surface area contributed by atoms with Gasteiger partial charge in [0, 0.05) is 0 Å². The second-order valence-electron chi connectivity index (χ2n) is 5.00. The van der Waals surface area contributed by atoms with Crippen molar-refractivity contribution in [3.8, 4) is 16.3 Å². The van der Waals surface area contributed by atoms with Crippen LogP contribution >= 0.6 is 11.3 Å². The van der Waals surface area contributed by atoms with E-state index >= 15 is 0 Å². The Hall–Kier alpha value is -2.81. The zero-order valence-corrected chi connectivity index (χ0v) is 13.4. The number of rotatable bonds is 5. The summed E-state index contributed by atoms with van der Waals surface area (Å²) < 4.78 is 41.7. The third kappa shape index (κ3) is 4.38. The fourth-order valence-corrected chi connectivity index (χ4v) is 2.73. The van der Waals surface area contributed by atoms with Crippen molar-refractivity contribution >= 4 is 22.9 Å². The van der Waals surface area contributed by atoms with E-state index in [4.69, 9.17) is 4.74 Å². The van der Waals surface area contributed by atoms with Crippen LogP contribution in [0.1, 0.15) is 10.5 Å². The first-order valence-electron chi connectivity index (χ1n) is 7.11. The molecule has 0 radical (unpaired) electrons. The number of carbonyl (C=O) groups is 1. The molecule has 2 N–H and O–H groups in total. The van der Waals surface area contributed by atoms with Crippen molar-refractivity contribution in [1.29, 1.82) is 0 Å². The third-order valence-electron chi connectivity index (χ3n) is 3.12. The van der Waals surface area contributed by atoms with Gasteiger partial charge in [-0.05, 0) is 29.6 Å². The van der Waals surface area contributed by atoms with Gasteiger partial charge >= 0.3 is 6.18 Å². The number of benzene rings is 1. The van der Waals surface area contributed by atoms with Crippen LogP contribution < -0.4 is 10.1 Å². The molecule has 3 rings (SSSR count). The first-order valence-corrected chi connectivity index (χ1v) is 7.99. The Bertz CT molecular complexity index is 860. The molecule has 2 heterocycles. The van der Waals surface area contributed by atoms with Crippen LogP contribution in [0.4, 0.5) is 18.9 Å². The summed E-state index contributed by atoms with van der Waals surface area (Å²) in [6, 6.07) is 11.2. The predicted octanol–water partition coefficient (Wildman–Crippen LogP) is 4.33. The standard InChI is InChI=1S/C16H12F3N3O2S/c17-16(18,19)9-24-13-5-2-1-4-10(13)20-15(23)12-8-11(21-22-12)14-6-3-7-25-14/h1-8H,9H2,(H,20,23)(H,21,22). The molecule has 0 saturated carbocycles. The second kappa shape index (κ2) is 6.98. The Morgan fingerprint density at radius 1 is 1.24 bits per heavy atom. The second-order valence-corrected chi connectivity index (χ2v) is 5.95. The van der Waals surface area contributed by atoms with Crippen LogP contribution in [0.5, 0.6) is 5.75 Å². The lowest BCUT2D eigenvalue weighted by atomic mass is 10.2. The predicted molar refractivity (Wildman–Crippen MR) is 87.8 cm³/mol. The minimum absolute atomic E-state index is 0.0674. The molecular formula is C16H12F3N3O2S. The summed E-state index contributed by atoms with van der Waals surface area (Å²) in [5.74, 6) is -0.621. The number of nitrogens with one attached hydrogen (secondary N) is 2. The van der Waals surface area contributed by atoms with Gasteiger partial charge in [0.2, 0.25) is 0 Å². The molecule has 2 aromatic heterocycles. The van der Waals surface area contributed by atoms with E-state index in [9.17, 15) is 18.0 Å². The average Bonchev–Trinajstić information content (AvgIpc) is 3.24. The van der Waals surface area contributed by atoms with Gasteiger partial charge in [-0.3, -0.25) is 9.89 Å². The summed E-state index contributed by atoms with van der Waals surface area (Å²) in [7, 11) is 0. The minimum atomic E-state index is -4.46. The molecule has 0 atom stereocenters. The summed E-state index contributed by atoms with van der Waals surface area (Å²) >= 11 is 1.49. The molecule has 0 aliphatic rings. The van der Waals surface area contributed by atoms with Gasteiger partial charge < -0.3 is 10.1 Å². The van der Waals surface area contributed by atoms with E-state index in [-0.39, 0.29) is 17.1 Å². The Morgan fingerprint density at radius 2 is 2.04 bits per heavy atom. The molecule has 1 aromatic carbocycles. The summed E-state index contributed by atoms with van der Waals surface area (Å²) in [4.78, 5) is 13.2. The topological polar surface area (TPSA) is 67.0 Å². The zero-order chi connectivity index (χ0) is 17.9. The van der Waals surface area contributed by atoms with Crippen molar-refractivity contribution in [2.45, 2.75) is 6.18 Å². The van der Waals surface area contributed by atoms with Crippen LogP contribution in [0.3, 0.4) is 0 Å². The lowest BCUT2D eigenvalue weighted by molar-refractivity contribution is -0.153. The Labute approximate surface area is 144 Å². The lowest BCUT2D eigenvalue weighted by Gasteiger charge is -2.13. The van der Waals surface area contributed by atoms with Crippen LogP contribution in [0.25, 0.3) is 10.6 Å². The number of halogens is 3. The number of ether oxygens (including phenoxy) is 1. The van der Waals surface area contributed by atoms with E-state index in [1.165, 1.54) is 29.5 Å². The van der Waals surface area contributed by atoms with Gasteiger partial charge in [0.05, 0.1) is 16.3 Å². The van der Waals surface area contributed by atoms with Crippen LogP contribution in [-0.4, -0.2) is 28.9 Å². The fraction of sp³-hybridized carbons (Fsp3) is 0.125. The number of anilines is 1. The lowest BCUT2D eigenvalue weighted by Crippen LogP contribution is -2.20.